The van der Waals surface area contributed by atoms with Crippen LogP contribution in [0.2, 0.25) is 0 Å². The topological polar surface area (TPSA) is 80.7 Å². The molecule has 0 atom stereocenters. The van der Waals surface area contributed by atoms with E-state index in [9.17, 15) is 17.8 Å². The Morgan fingerprint density at radius 2 is 1.35 bits per heavy atom. The second-order valence-corrected chi connectivity index (χ2v) is 11.7. The van der Waals surface area contributed by atoms with Crippen LogP contribution in [0.3, 0.4) is 0 Å². The summed E-state index contributed by atoms with van der Waals surface area (Å²) in [7, 11) is -4.36. The Balaban J connectivity index is 2.14. The highest BCUT2D eigenvalue weighted by Crippen LogP contribution is 2.36. The zero-order chi connectivity index (χ0) is 25.2. The van der Waals surface area contributed by atoms with Crippen molar-refractivity contribution in [2.24, 2.45) is 0 Å². The number of hydrogen-bond donors (Lipinski definition) is 1. The van der Waals surface area contributed by atoms with E-state index in [2.05, 4.69) is 53.7 Å². The molecule has 186 valence electrons. The highest BCUT2D eigenvalue weighted by molar-refractivity contribution is 7.85. The van der Waals surface area contributed by atoms with Gasteiger partial charge in [0.1, 0.15) is 5.75 Å². The first-order valence-electron chi connectivity index (χ1n) is 12.4. The van der Waals surface area contributed by atoms with Crippen LogP contribution in [-0.2, 0) is 23.0 Å². The second-order valence-electron chi connectivity index (χ2n) is 10.3. The standard InChI is InChI=1S/C28H38O5S/c1-17(2)20-15-23(18(3)4)27(24(16-20)19(5)6)28(29)33-25-13-14-26(34(30,31)32)22-12-10-8-7-9-11-21(22)25/h13-19H,7-12H2,1-6H3,(H,30,31,32). The molecule has 5 nitrogen and oxygen atoms in total. The maximum absolute atomic E-state index is 13.7. The van der Waals surface area contributed by atoms with Gasteiger partial charge < -0.3 is 4.74 Å². The van der Waals surface area contributed by atoms with Crippen molar-refractivity contribution in [3.05, 3.63) is 57.6 Å². The maximum atomic E-state index is 13.7. The Morgan fingerprint density at radius 1 is 0.824 bits per heavy atom. The van der Waals surface area contributed by atoms with Gasteiger partial charge in [-0.2, -0.15) is 8.42 Å². The lowest BCUT2D eigenvalue weighted by Crippen LogP contribution is -2.18. The van der Waals surface area contributed by atoms with Crippen molar-refractivity contribution in [1.82, 2.24) is 0 Å². The average Bonchev–Trinajstić information content (AvgIpc) is 2.72. The van der Waals surface area contributed by atoms with Crippen molar-refractivity contribution in [2.75, 3.05) is 0 Å². The number of rotatable bonds is 6. The molecule has 2 aromatic rings. The molecule has 1 N–H and O–H groups in total. The predicted molar refractivity (Wildman–Crippen MR) is 136 cm³/mol. The Hall–Kier alpha value is -2.18. The highest BCUT2D eigenvalue weighted by Gasteiger charge is 2.27. The molecule has 0 saturated heterocycles. The Morgan fingerprint density at radius 3 is 1.82 bits per heavy atom. The minimum absolute atomic E-state index is 0.0729. The third-order valence-corrected chi connectivity index (χ3v) is 7.70. The SMILES string of the molecule is CC(C)c1cc(C(C)C)c(C(=O)Oc2ccc(S(=O)(=O)O)c3c2CCCCCC3)c(C(C)C)c1. The second kappa shape index (κ2) is 10.6. The molecule has 0 radical (unpaired) electrons. The van der Waals surface area contributed by atoms with Gasteiger partial charge in [0, 0.05) is 0 Å². The van der Waals surface area contributed by atoms with Crippen LogP contribution in [-0.4, -0.2) is 18.9 Å². The summed E-state index contributed by atoms with van der Waals surface area (Å²) < 4.78 is 39.9. The molecule has 0 heterocycles. The van der Waals surface area contributed by atoms with Crippen molar-refractivity contribution in [1.29, 1.82) is 0 Å². The minimum atomic E-state index is -4.36. The number of carbonyl (C=O) groups excluding carboxylic acids is 1. The largest absolute Gasteiger partial charge is 0.423 e. The van der Waals surface area contributed by atoms with Gasteiger partial charge in [-0.3, -0.25) is 4.55 Å². The lowest BCUT2D eigenvalue weighted by Gasteiger charge is -2.23. The van der Waals surface area contributed by atoms with E-state index >= 15 is 0 Å². The van der Waals surface area contributed by atoms with Crippen LogP contribution in [0.15, 0.2) is 29.2 Å². The van der Waals surface area contributed by atoms with Crippen LogP contribution in [0.4, 0.5) is 0 Å². The van der Waals surface area contributed by atoms with Crippen molar-refractivity contribution in [2.45, 2.75) is 103 Å². The number of ether oxygens (including phenoxy) is 1. The molecular formula is C28H38O5S. The number of hydrogen-bond acceptors (Lipinski definition) is 4. The summed E-state index contributed by atoms with van der Waals surface area (Å²) in [5.74, 6) is 0.605. The van der Waals surface area contributed by atoms with E-state index in [-0.39, 0.29) is 16.7 Å². The van der Waals surface area contributed by atoms with E-state index in [4.69, 9.17) is 4.74 Å². The molecule has 0 unspecified atom stereocenters. The fourth-order valence-corrected chi connectivity index (χ4v) is 5.61. The quantitative estimate of drug-likeness (QED) is 0.266. The summed E-state index contributed by atoms with van der Waals surface area (Å²) in [5, 5.41) is 0. The molecule has 0 bridgehead atoms. The Labute approximate surface area is 204 Å². The summed E-state index contributed by atoms with van der Waals surface area (Å²) in [6.07, 6.45) is 4.90. The summed E-state index contributed by atoms with van der Waals surface area (Å²) in [6, 6.07) is 7.12. The first-order chi connectivity index (χ1) is 15.9. The molecule has 0 aliphatic heterocycles. The molecular weight excluding hydrogens is 448 g/mol. The van der Waals surface area contributed by atoms with E-state index < -0.39 is 16.1 Å². The maximum Gasteiger partial charge on any atom is 0.344 e. The molecule has 6 heteroatoms. The zero-order valence-electron chi connectivity index (χ0n) is 21.3. The van der Waals surface area contributed by atoms with Gasteiger partial charge in [0.15, 0.2) is 0 Å². The smallest absolute Gasteiger partial charge is 0.344 e. The third-order valence-electron chi connectivity index (χ3n) is 6.77. The number of carbonyl (C=O) groups is 1. The van der Waals surface area contributed by atoms with Crippen LogP contribution >= 0.6 is 0 Å². The lowest BCUT2D eigenvalue weighted by atomic mass is 9.84. The number of fused-ring (bicyclic) bond motifs is 1. The van der Waals surface area contributed by atoms with Crippen LogP contribution < -0.4 is 4.74 Å². The zero-order valence-corrected chi connectivity index (χ0v) is 22.1. The molecule has 34 heavy (non-hydrogen) atoms. The first-order valence-corrected chi connectivity index (χ1v) is 13.9. The molecule has 1 aliphatic rings. The van der Waals surface area contributed by atoms with Gasteiger partial charge in [0.2, 0.25) is 0 Å². The first kappa shape index (κ1) is 26.4. The molecule has 0 aromatic heterocycles. The summed E-state index contributed by atoms with van der Waals surface area (Å²) >= 11 is 0. The number of benzene rings is 2. The lowest BCUT2D eigenvalue weighted by molar-refractivity contribution is 0.0729. The van der Waals surface area contributed by atoms with E-state index in [0.29, 0.717) is 35.6 Å². The van der Waals surface area contributed by atoms with Gasteiger partial charge in [-0.1, -0.05) is 66.5 Å². The summed E-state index contributed by atoms with van der Waals surface area (Å²) in [5.41, 5.74) is 5.05. The summed E-state index contributed by atoms with van der Waals surface area (Å²) in [4.78, 5) is 13.6. The van der Waals surface area contributed by atoms with Crippen LogP contribution in [0, 0.1) is 0 Å². The molecule has 0 amide bonds. The highest BCUT2D eigenvalue weighted by atomic mass is 32.2. The average molecular weight is 487 g/mol. The van der Waals surface area contributed by atoms with E-state index in [1.165, 1.54) is 17.7 Å². The molecule has 0 saturated carbocycles. The molecule has 0 fully saturated rings. The fourth-order valence-electron chi connectivity index (χ4n) is 4.83. The molecule has 1 aliphatic carbocycles. The Bertz CT molecular complexity index is 1130. The van der Waals surface area contributed by atoms with Crippen LogP contribution in [0.5, 0.6) is 5.75 Å². The third kappa shape index (κ3) is 5.72. The molecule has 3 rings (SSSR count). The van der Waals surface area contributed by atoms with Crippen molar-refractivity contribution in [3.8, 4) is 5.75 Å². The van der Waals surface area contributed by atoms with Crippen LogP contribution in [0.1, 0.15) is 123 Å². The predicted octanol–water partition coefficient (Wildman–Crippen LogP) is 7.18. The minimum Gasteiger partial charge on any atom is -0.423 e. The van der Waals surface area contributed by atoms with Gasteiger partial charge >= 0.3 is 5.97 Å². The van der Waals surface area contributed by atoms with Gasteiger partial charge in [-0.25, -0.2) is 4.79 Å². The normalized spacial score (nSPS) is 14.8. The van der Waals surface area contributed by atoms with Gasteiger partial charge in [-0.15, -0.1) is 0 Å². The van der Waals surface area contributed by atoms with Gasteiger partial charge in [0.25, 0.3) is 10.1 Å². The number of esters is 1. The van der Waals surface area contributed by atoms with Crippen molar-refractivity contribution in [3.63, 3.8) is 0 Å². The molecule has 0 spiro atoms. The molecule has 2 aromatic carbocycles. The van der Waals surface area contributed by atoms with Crippen LogP contribution in [0.25, 0.3) is 0 Å². The fraction of sp³-hybridized carbons (Fsp3) is 0.536. The van der Waals surface area contributed by atoms with E-state index in [1.807, 2.05) is 0 Å². The Kier molecular flexibility index (Phi) is 8.25. The van der Waals surface area contributed by atoms with Crippen molar-refractivity contribution >= 4 is 16.1 Å². The van der Waals surface area contributed by atoms with E-state index in [1.54, 1.807) is 0 Å². The van der Waals surface area contributed by atoms with Gasteiger partial charge in [-0.05, 0) is 83.4 Å². The van der Waals surface area contributed by atoms with Crippen molar-refractivity contribution < 1.29 is 22.5 Å². The van der Waals surface area contributed by atoms with Gasteiger partial charge in [0.05, 0.1) is 10.5 Å². The van der Waals surface area contributed by atoms with E-state index in [0.717, 1.165) is 42.4 Å². The summed E-state index contributed by atoms with van der Waals surface area (Å²) in [6.45, 7) is 12.6. The monoisotopic (exact) mass is 486 g/mol.